The van der Waals surface area contributed by atoms with Crippen molar-refractivity contribution < 1.29 is 8.83 Å². The molecule has 11 aromatic rings. The summed E-state index contributed by atoms with van der Waals surface area (Å²) in [5.41, 5.74) is 11.2. The number of anilines is 3. The molecule has 0 aliphatic heterocycles. The summed E-state index contributed by atoms with van der Waals surface area (Å²) in [5, 5.41) is 9.18. The van der Waals surface area contributed by atoms with Crippen molar-refractivity contribution in [3.05, 3.63) is 188 Å². The van der Waals surface area contributed by atoms with E-state index in [9.17, 15) is 0 Å². The molecular weight excluding hydrogens is 647 g/mol. The first-order valence-corrected chi connectivity index (χ1v) is 18.0. The van der Waals surface area contributed by atoms with Crippen molar-refractivity contribution in [1.82, 2.24) is 0 Å². The Morgan fingerprint density at radius 2 is 0.887 bits per heavy atom. The van der Waals surface area contributed by atoms with E-state index in [1.165, 1.54) is 21.5 Å². The predicted molar refractivity (Wildman–Crippen MR) is 222 cm³/mol. The summed E-state index contributed by atoms with van der Waals surface area (Å²) in [4.78, 5) is 2.30. The smallest absolute Gasteiger partial charge is 0.143 e. The minimum absolute atomic E-state index is 0.847. The minimum Gasteiger partial charge on any atom is -0.456 e. The van der Waals surface area contributed by atoms with E-state index < -0.39 is 0 Å². The lowest BCUT2D eigenvalue weighted by Crippen LogP contribution is -2.09. The standard InChI is InChI=1S/C50H31NO2/c1-3-14-35(15-4-1)51(36-16-5-2-6-17-36)37-25-23-32(24-26-37)34-30-43(42-29-33-13-7-8-18-38(33)39-19-9-10-20-40(39)42)50-44(31-34)49-47(53-50)28-27-46-48(49)41-21-11-12-22-45(41)52-46/h1-31H. The van der Waals surface area contributed by atoms with E-state index in [0.29, 0.717) is 0 Å². The number of benzene rings is 9. The number of para-hydroxylation sites is 3. The first-order chi connectivity index (χ1) is 26.3. The average molecular weight is 678 g/mol. The van der Waals surface area contributed by atoms with E-state index in [1.54, 1.807) is 0 Å². The molecule has 3 heteroatoms. The van der Waals surface area contributed by atoms with Gasteiger partial charge in [0.15, 0.2) is 0 Å². The van der Waals surface area contributed by atoms with E-state index in [-0.39, 0.29) is 0 Å². The summed E-state index contributed by atoms with van der Waals surface area (Å²) < 4.78 is 13.3. The molecule has 0 radical (unpaired) electrons. The zero-order chi connectivity index (χ0) is 34.9. The van der Waals surface area contributed by atoms with Crippen LogP contribution in [0.4, 0.5) is 17.1 Å². The molecule has 0 spiro atoms. The Morgan fingerprint density at radius 3 is 1.62 bits per heavy atom. The summed E-state index contributed by atoms with van der Waals surface area (Å²) in [6.07, 6.45) is 0. The fraction of sp³-hybridized carbons (Fsp3) is 0. The zero-order valence-electron chi connectivity index (χ0n) is 28.7. The highest BCUT2D eigenvalue weighted by molar-refractivity contribution is 6.28. The van der Waals surface area contributed by atoms with Gasteiger partial charge in [-0.3, -0.25) is 0 Å². The van der Waals surface area contributed by atoms with Crippen LogP contribution in [0.1, 0.15) is 0 Å². The number of hydrogen-bond donors (Lipinski definition) is 0. The highest BCUT2D eigenvalue weighted by Gasteiger charge is 2.22. The molecule has 0 fully saturated rings. The monoisotopic (exact) mass is 677 g/mol. The highest BCUT2D eigenvalue weighted by atomic mass is 16.3. The minimum atomic E-state index is 0.847. The normalized spacial score (nSPS) is 11.8. The van der Waals surface area contributed by atoms with Gasteiger partial charge in [0.25, 0.3) is 0 Å². The third kappa shape index (κ3) is 4.68. The average Bonchev–Trinajstić information content (AvgIpc) is 3.80. The van der Waals surface area contributed by atoms with Crippen LogP contribution in [0, 0.1) is 0 Å². The van der Waals surface area contributed by atoms with Gasteiger partial charge in [-0.2, -0.15) is 0 Å². The fourth-order valence-corrected chi connectivity index (χ4v) is 8.23. The molecule has 11 rings (SSSR count). The molecule has 0 N–H and O–H groups in total. The van der Waals surface area contributed by atoms with Gasteiger partial charge in [0.1, 0.15) is 22.3 Å². The molecule has 0 saturated carbocycles. The summed E-state index contributed by atoms with van der Waals surface area (Å²) in [7, 11) is 0. The third-order valence-electron chi connectivity index (χ3n) is 10.6. The van der Waals surface area contributed by atoms with E-state index in [2.05, 4.69) is 175 Å². The molecule has 0 amide bonds. The van der Waals surface area contributed by atoms with Crippen molar-refractivity contribution in [2.24, 2.45) is 0 Å². The van der Waals surface area contributed by atoms with Gasteiger partial charge in [-0.1, -0.05) is 115 Å². The Kier molecular flexibility index (Phi) is 6.55. The number of furan rings is 2. The van der Waals surface area contributed by atoms with E-state index in [0.717, 1.165) is 83.2 Å². The summed E-state index contributed by atoms with van der Waals surface area (Å²) in [5.74, 6) is 0. The molecular formula is C50H31NO2. The van der Waals surface area contributed by atoms with Gasteiger partial charge >= 0.3 is 0 Å². The SMILES string of the molecule is c1ccc(N(c2ccccc2)c2ccc(-c3cc(-c4cc5ccccc5c5ccccc45)c4oc5ccc6oc7ccccc7c6c5c4c3)cc2)cc1. The van der Waals surface area contributed by atoms with Crippen LogP contribution < -0.4 is 4.90 Å². The first kappa shape index (κ1) is 29.6. The lowest BCUT2D eigenvalue weighted by atomic mass is 9.90. The number of hydrogen-bond acceptors (Lipinski definition) is 3. The van der Waals surface area contributed by atoms with Gasteiger partial charge in [0, 0.05) is 44.2 Å². The van der Waals surface area contributed by atoms with Gasteiger partial charge in [-0.05, 0) is 111 Å². The summed E-state index contributed by atoms with van der Waals surface area (Å²) in [6.45, 7) is 0. The van der Waals surface area contributed by atoms with Crippen LogP contribution in [0.2, 0.25) is 0 Å². The second-order valence-corrected chi connectivity index (χ2v) is 13.7. The molecule has 53 heavy (non-hydrogen) atoms. The molecule has 2 aromatic heterocycles. The molecule has 0 saturated heterocycles. The van der Waals surface area contributed by atoms with Gasteiger partial charge in [-0.25, -0.2) is 0 Å². The second kappa shape index (κ2) is 11.7. The maximum atomic E-state index is 6.92. The first-order valence-electron chi connectivity index (χ1n) is 18.0. The lowest BCUT2D eigenvalue weighted by Gasteiger charge is -2.25. The Morgan fingerprint density at radius 1 is 0.321 bits per heavy atom. The van der Waals surface area contributed by atoms with Crippen molar-refractivity contribution in [2.75, 3.05) is 4.90 Å². The number of nitrogens with zero attached hydrogens (tertiary/aromatic N) is 1. The van der Waals surface area contributed by atoms with Gasteiger partial charge < -0.3 is 13.7 Å². The van der Waals surface area contributed by atoms with Crippen molar-refractivity contribution in [3.63, 3.8) is 0 Å². The maximum Gasteiger partial charge on any atom is 0.143 e. The van der Waals surface area contributed by atoms with Crippen LogP contribution in [-0.4, -0.2) is 0 Å². The second-order valence-electron chi connectivity index (χ2n) is 13.7. The van der Waals surface area contributed by atoms with Gasteiger partial charge in [-0.15, -0.1) is 0 Å². The molecule has 0 aliphatic rings. The molecule has 2 heterocycles. The van der Waals surface area contributed by atoms with Crippen LogP contribution in [0.15, 0.2) is 197 Å². The molecule has 0 bridgehead atoms. The van der Waals surface area contributed by atoms with Gasteiger partial charge in [0.2, 0.25) is 0 Å². The molecule has 0 atom stereocenters. The van der Waals surface area contributed by atoms with E-state index in [4.69, 9.17) is 8.83 Å². The summed E-state index contributed by atoms with van der Waals surface area (Å²) >= 11 is 0. The van der Waals surface area contributed by atoms with Crippen LogP contribution in [-0.2, 0) is 0 Å². The third-order valence-corrected chi connectivity index (χ3v) is 10.6. The fourth-order valence-electron chi connectivity index (χ4n) is 8.23. The van der Waals surface area contributed by atoms with Crippen molar-refractivity contribution in [1.29, 1.82) is 0 Å². The highest BCUT2D eigenvalue weighted by Crippen LogP contribution is 2.47. The van der Waals surface area contributed by atoms with Crippen molar-refractivity contribution in [2.45, 2.75) is 0 Å². The number of fused-ring (bicyclic) bond motifs is 10. The van der Waals surface area contributed by atoms with E-state index in [1.807, 2.05) is 18.2 Å². The van der Waals surface area contributed by atoms with Gasteiger partial charge in [0.05, 0.1) is 0 Å². The van der Waals surface area contributed by atoms with E-state index >= 15 is 0 Å². The maximum absolute atomic E-state index is 6.92. The topological polar surface area (TPSA) is 29.5 Å². The Hall–Kier alpha value is -7.10. The molecule has 0 aliphatic carbocycles. The predicted octanol–water partition coefficient (Wildman–Crippen LogP) is 14.6. The molecule has 0 unspecified atom stereocenters. The quantitative estimate of drug-likeness (QED) is 0.170. The molecule has 3 nitrogen and oxygen atoms in total. The van der Waals surface area contributed by atoms with Crippen molar-refractivity contribution in [3.8, 4) is 22.3 Å². The Bertz CT molecular complexity index is 3120. The van der Waals surface area contributed by atoms with Crippen LogP contribution in [0.25, 0.3) is 87.7 Å². The lowest BCUT2D eigenvalue weighted by molar-refractivity contribution is 0.663. The Balaban J connectivity index is 1.19. The van der Waals surface area contributed by atoms with Crippen LogP contribution in [0.5, 0.6) is 0 Å². The molecule has 248 valence electrons. The van der Waals surface area contributed by atoms with Crippen LogP contribution >= 0.6 is 0 Å². The van der Waals surface area contributed by atoms with Crippen LogP contribution in [0.3, 0.4) is 0 Å². The zero-order valence-corrected chi connectivity index (χ0v) is 28.7. The largest absolute Gasteiger partial charge is 0.456 e. The summed E-state index contributed by atoms with van der Waals surface area (Å²) in [6, 6.07) is 66.7. The number of rotatable bonds is 5. The molecule has 9 aromatic carbocycles. The van der Waals surface area contributed by atoms with Crippen molar-refractivity contribution >= 4 is 82.5 Å². The Labute approximate surface area is 305 Å².